The van der Waals surface area contributed by atoms with Gasteiger partial charge in [-0.2, -0.15) is 0 Å². The predicted octanol–water partition coefficient (Wildman–Crippen LogP) is 3.98. The molecule has 28 heavy (non-hydrogen) atoms. The highest BCUT2D eigenvalue weighted by atomic mass is 32.2. The van der Waals surface area contributed by atoms with E-state index in [0.717, 1.165) is 39.8 Å². The maximum atomic E-state index is 5.72. The lowest BCUT2D eigenvalue weighted by Crippen LogP contribution is -2.16. The first kappa shape index (κ1) is 17.7. The van der Waals surface area contributed by atoms with Crippen molar-refractivity contribution in [1.82, 2.24) is 30.2 Å². The van der Waals surface area contributed by atoms with Crippen LogP contribution in [0.3, 0.4) is 0 Å². The highest BCUT2D eigenvalue weighted by molar-refractivity contribution is 7.99. The molecule has 3 aromatic heterocycles. The standard InChI is InChI=1S/C19H18N6OS2/c1-12-15-17(27-16(12)13-6-3-2-4-7-13)20-11-21-18(15)28-19-22-23-24-25(19)10-14-8-5-9-26-14/h2-4,6-7,11,14H,5,8-10H2,1H3. The Balaban J connectivity index is 1.50. The van der Waals surface area contributed by atoms with Crippen LogP contribution >= 0.6 is 23.1 Å². The van der Waals surface area contributed by atoms with E-state index in [1.54, 1.807) is 17.7 Å². The normalized spacial score (nSPS) is 16.8. The van der Waals surface area contributed by atoms with Crippen LogP contribution in [0.5, 0.6) is 0 Å². The highest BCUT2D eigenvalue weighted by Gasteiger charge is 2.21. The molecule has 1 aromatic carbocycles. The third kappa shape index (κ3) is 3.30. The molecular formula is C19H18N6OS2. The summed E-state index contributed by atoms with van der Waals surface area (Å²) in [7, 11) is 0. The molecule has 5 rings (SSSR count). The Labute approximate surface area is 170 Å². The predicted molar refractivity (Wildman–Crippen MR) is 109 cm³/mol. The van der Waals surface area contributed by atoms with Gasteiger partial charge in [0.2, 0.25) is 5.16 Å². The molecular weight excluding hydrogens is 392 g/mol. The van der Waals surface area contributed by atoms with Crippen LogP contribution in [0.15, 0.2) is 46.8 Å². The van der Waals surface area contributed by atoms with Crippen LogP contribution in [0.1, 0.15) is 18.4 Å². The lowest BCUT2D eigenvalue weighted by atomic mass is 10.1. The molecule has 1 atom stereocenters. The van der Waals surface area contributed by atoms with Crippen LogP contribution in [-0.2, 0) is 11.3 Å². The maximum Gasteiger partial charge on any atom is 0.215 e. The molecule has 1 fully saturated rings. The Kier molecular flexibility index (Phi) is 4.79. The molecule has 1 aliphatic rings. The van der Waals surface area contributed by atoms with Gasteiger partial charge in [-0.05, 0) is 53.1 Å². The molecule has 4 aromatic rings. The van der Waals surface area contributed by atoms with Crippen LogP contribution in [0.25, 0.3) is 20.7 Å². The highest BCUT2D eigenvalue weighted by Crippen LogP contribution is 2.41. The second-order valence-electron chi connectivity index (χ2n) is 6.66. The van der Waals surface area contributed by atoms with Gasteiger partial charge in [-0.15, -0.1) is 16.4 Å². The molecule has 142 valence electrons. The van der Waals surface area contributed by atoms with E-state index >= 15 is 0 Å². The number of hydrogen-bond donors (Lipinski definition) is 0. The summed E-state index contributed by atoms with van der Waals surface area (Å²) in [6.07, 6.45) is 3.94. The van der Waals surface area contributed by atoms with E-state index < -0.39 is 0 Å². The first-order valence-electron chi connectivity index (χ1n) is 9.15. The Bertz CT molecular complexity index is 1100. The van der Waals surface area contributed by atoms with E-state index in [9.17, 15) is 0 Å². The molecule has 4 heterocycles. The van der Waals surface area contributed by atoms with Crippen molar-refractivity contribution in [3.05, 3.63) is 42.2 Å². The Hall–Kier alpha value is -2.36. The van der Waals surface area contributed by atoms with Crippen molar-refractivity contribution in [2.24, 2.45) is 0 Å². The van der Waals surface area contributed by atoms with E-state index in [2.05, 4.69) is 56.7 Å². The summed E-state index contributed by atoms with van der Waals surface area (Å²) in [5.41, 5.74) is 2.38. The number of hydrogen-bond acceptors (Lipinski definition) is 8. The van der Waals surface area contributed by atoms with Gasteiger partial charge in [0.25, 0.3) is 0 Å². The van der Waals surface area contributed by atoms with Gasteiger partial charge < -0.3 is 4.74 Å². The third-order valence-corrected chi connectivity index (χ3v) is 7.04. The van der Waals surface area contributed by atoms with Crippen molar-refractivity contribution in [3.8, 4) is 10.4 Å². The Morgan fingerprint density at radius 1 is 1.25 bits per heavy atom. The average Bonchev–Trinajstić information content (AvgIpc) is 3.45. The molecule has 0 aliphatic carbocycles. The minimum atomic E-state index is 0.181. The average molecular weight is 411 g/mol. The van der Waals surface area contributed by atoms with E-state index in [1.807, 2.05) is 10.7 Å². The number of thiophene rings is 1. The van der Waals surface area contributed by atoms with Gasteiger partial charge in [0.1, 0.15) is 16.2 Å². The van der Waals surface area contributed by atoms with E-state index in [0.29, 0.717) is 6.54 Å². The number of ether oxygens (including phenoxy) is 1. The number of nitrogens with zero attached hydrogens (tertiary/aromatic N) is 6. The van der Waals surface area contributed by atoms with Gasteiger partial charge in [-0.1, -0.05) is 30.3 Å². The number of tetrazole rings is 1. The number of rotatable bonds is 5. The summed E-state index contributed by atoms with van der Waals surface area (Å²) in [4.78, 5) is 11.2. The summed E-state index contributed by atoms with van der Waals surface area (Å²) >= 11 is 3.17. The van der Waals surface area contributed by atoms with Crippen molar-refractivity contribution in [1.29, 1.82) is 0 Å². The van der Waals surface area contributed by atoms with E-state index in [1.165, 1.54) is 27.8 Å². The molecule has 1 aliphatic heterocycles. The van der Waals surface area contributed by atoms with Gasteiger partial charge in [-0.3, -0.25) is 0 Å². The SMILES string of the molecule is Cc1c(-c2ccccc2)sc2ncnc(Sc3nnnn3CC3CCCO3)c12. The van der Waals surface area contributed by atoms with Crippen LogP contribution in [0, 0.1) is 6.92 Å². The number of aryl methyl sites for hydroxylation is 1. The topological polar surface area (TPSA) is 78.6 Å². The molecule has 1 unspecified atom stereocenters. The van der Waals surface area contributed by atoms with Crippen LogP contribution in [-0.4, -0.2) is 42.9 Å². The molecule has 0 N–H and O–H groups in total. The zero-order chi connectivity index (χ0) is 18.9. The lowest BCUT2D eigenvalue weighted by molar-refractivity contribution is 0.0912. The molecule has 1 saturated heterocycles. The first-order valence-corrected chi connectivity index (χ1v) is 10.8. The summed E-state index contributed by atoms with van der Waals surface area (Å²) in [5, 5.41) is 14.9. The lowest BCUT2D eigenvalue weighted by Gasteiger charge is -2.10. The summed E-state index contributed by atoms with van der Waals surface area (Å²) in [5.74, 6) is 0. The van der Waals surface area contributed by atoms with Crippen molar-refractivity contribution < 1.29 is 4.74 Å². The number of aromatic nitrogens is 6. The Morgan fingerprint density at radius 2 is 2.14 bits per heavy atom. The summed E-state index contributed by atoms with van der Waals surface area (Å²) in [6, 6.07) is 10.4. The fraction of sp³-hybridized carbons (Fsp3) is 0.316. The van der Waals surface area contributed by atoms with Crippen molar-refractivity contribution in [2.75, 3.05) is 6.61 Å². The number of benzene rings is 1. The van der Waals surface area contributed by atoms with Gasteiger partial charge >= 0.3 is 0 Å². The Morgan fingerprint density at radius 3 is 2.96 bits per heavy atom. The minimum Gasteiger partial charge on any atom is -0.376 e. The van der Waals surface area contributed by atoms with Crippen LogP contribution in [0.4, 0.5) is 0 Å². The zero-order valence-electron chi connectivity index (χ0n) is 15.3. The minimum absolute atomic E-state index is 0.181. The quantitative estimate of drug-likeness (QED) is 0.460. The van der Waals surface area contributed by atoms with E-state index in [4.69, 9.17) is 4.74 Å². The fourth-order valence-corrected chi connectivity index (χ4v) is 5.57. The first-order chi connectivity index (χ1) is 13.8. The third-order valence-electron chi connectivity index (χ3n) is 4.82. The van der Waals surface area contributed by atoms with E-state index in [-0.39, 0.29) is 6.10 Å². The van der Waals surface area contributed by atoms with Crippen molar-refractivity contribution in [2.45, 2.75) is 42.6 Å². The molecule has 7 nitrogen and oxygen atoms in total. The van der Waals surface area contributed by atoms with Gasteiger partial charge in [0.15, 0.2) is 0 Å². The number of fused-ring (bicyclic) bond motifs is 1. The van der Waals surface area contributed by atoms with Gasteiger partial charge in [0, 0.05) is 16.9 Å². The second-order valence-corrected chi connectivity index (χ2v) is 8.62. The largest absolute Gasteiger partial charge is 0.376 e. The molecule has 0 amide bonds. The monoisotopic (exact) mass is 410 g/mol. The molecule has 0 saturated carbocycles. The van der Waals surface area contributed by atoms with Crippen LogP contribution < -0.4 is 0 Å². The molecule has 0 spiro atoms. The van der Waals surface area contributed by atoms with Gasteiger partial charge in [-0.25, -0.2) is 14.6 Å². The van der Waals surface area contributed by atoms with Crippen molar-refractivity contribution >= 4 is 33.3 Å². The second kappa shape index (κ2) is 7.57. The van der Waals surface area contributed by atoms with Crippen molar-refractivity contribution in [3.63, 3.8) is 0 Å². The summed E-state index contributed by atoms with van der Waals surface area (Å²) in [6.45, 7) is 3.61. The van der Waals surface area contributed by atoms with Crippen LogP contribution in [0.2, 0.25) is 0 Å². The fourth-order valence-electron chi connectivity index (χ4n) is 3.43. The molecule has 9 heteroatoms. The maximum absolute atomic E-state index is 5.72. The smallest absolute Gasteiger partial charge is 0.215 e. The molecule has 0 radical (unpaired) electrons. The zero-order valence-corrected chi connectivity index (χ0v) is 16.9. The van der Waals surface area contributed by atoms with Gasteiger partial charge in [0.05, 0.1) is 12.6 Å². The molecule has 0 bridgehead atoms. The summed E-state index contributed by atoms with van der Waals surface area (Å²) < 4.78 is 7.54.